The molecule has 1 aromatic carbocycles. The summed E-state index contributed by atoms with van der Waals surface area (Å²) >= 11 is 0. The van der Waals surface area contributed by atoms with E-state index in [0.717, 1.165) is 12.1 Å². The van der Waals surface area contributed by atoms with Gasteiger partial charge in [-0.15, -0.1) is 0 Å². The second-order valence-electron chi connectivity index (χ2n) is 5.54. The third-order valence-corrected chi connectivity index (χ3v) is 4.28. The Labute approximate surface area is 120 Å². The molecule has 3 nitrogen and oxygen atoms in total. The third kappa shape index (κ3) is 2.84. The Morgan fingerprint density at radius 1 is 1.20 bits per heavy atom. The van der Waals surface area contributed by atoms with Crippen LogP contribution in [-0.2, 0) is 11.3 Å². The van der Waals surface area contributed by atoms with E-state index in [0.29, 0.717) is 12.1 Å². The molecule has 20 heavy (non-hydrogen) atoms. The zero-order valence-electron chi connectivity index (χ0n) is 12.0. The molecule has 3 rings (SSSR count). The summed E-state index contributed by atoms with van der Waals surface area (Å²) in [5.41, 5.74) is 2.37. The second kappa shape index (κ2) is 6.33. The summed E-state index contributed by atoms with van der Waals surface area (Å²) in [7, 11) is 1.82. The van der Waals surface area contributed by atoms with Gasteiger partial charge in [-0.1, -0.05) is 37.1 Å². The topological polar surface area (TPSA) is 34.1 Å². The fourth-order valence-corrected chi connectivity index (χ4v) is 3.16. The number of pyridine rings is 1. The van der Waals surface area contributed by atoms with Crippen molar-refractivity contribution in [2.45, 2.75) is 44.4 Å². The Bertz CT molecular complexity index is 564. The van der Waals surface area contributed by atoms with Crippen molar-refractivity contribution in [3.05, 3.63) is 42.1 Å². The highest BCUT2D eigenvalue weighted by molar-refractivity contribution is 5.81. The minimum Gasteiger partial charge on any atom is -0.380 e. The van der Waals surface area contributed by atoms with Crippen LogP contribution in [0.4, 0.5) is 0 Å². The lowest BCUT2D eigenvalue weighted by Gasteiger charge is -2.31. The van der Waals surface area contributed by atoms with Gasteiger partial charge in [-0.25, -0.2) is 0 Å². The largest absolute Gasteiger partial charge is 0.380 e. The van der Waals surface area contributed by atoms with Gasteiger partial charge in [0.1, 0.15) is 0 Å². The molecule has 0 spiro atoms. The molecule has 0 amide bonds. The first-order chi connectivity index (χ1) is 9.88. The maximum Gasteiger partial charge on any atom is 0.0746 e. The molecule has 1 heterocycles. The molecule has 1 aliphatic rings. The number of para-hydroxylation sites is 1. The second-order valence-corrected chi connectivity index (χ2v) is 5.54. The van der Waals surface area contributed by atoms with E-state index >= 15 is 0 Å². The number of hydrogen-bond donors (Lipinski definition) is 1. The van der Waals surface area contributed by atoms with Crippen LogP contribution in [0.15, 0.2) is 36.5 Å². The maximum atomic E-state index is 5.60. The van der Waals surface area contributed by atoms with Crippen LogP contribution in [0.25, 0.3) is 10.9 Å². The average Bonchev–Trinajstić information content (AvgIpc) is 2.53. The van der Waals surface area contributed by atoms with Crippen LogP contribution in [0.2, 0.25) is 0 Å². The van der Waals surface area contributed by atoms with Gasteiger partial charge < -0.3 is 10.1 Å². The fraction of sp³-hybridized carbons (Fsp3) is 0.471. The monoisotopic (exact) mass is 270 g/mol. The predicted molar refractivity (Wildman–Crippen MR) is 81.6 cm³/mol. The Morgan fingerprint density at radius 3 is 2.95 bits per heavy atom. The Kier molecular flexibility index (Phi) is 4.28. The van der Waals surface area contributed by atoms with E-state index in [1.165, 1.54) is 36.6 Å². The Balaban J connectivity index is 1.73. The van der Waals surface area contributed by atoms with Gasteiger partial charge in [0.05, 0.1) is 11.6 Å². The number of nitrogens with one attached hydrogen (secondary N) is 1. The zero-order chi connectivity index (χ0) is 13.8. The van der Waals surface area contributed by atoms with Crippen molar-refractivity contribution in [3.63, 3.8) is 0 Å². The van der Waals surface area contributed by atoms with Gasteiger partial charge >= 0.3 is 0 Å². The molecular weight excluding hydrogens is 248 g/mol. The van der Waals surface area contributed by atoms with Gasteiger partial charge in [-0.2, -0.15) is 0 Å². The minimum atomic E-state index is 0.353. The maximum absolute atomic E-state index is 5.60. The molecular formula is C17H22N2O. The molecule has 2 atom stereocenters. The number of methoxy groups -OCH3 is 1. The summed E-state index contributed by atoms with van der Waals surface area (Å²) in [4.78, 5) is 4.51. The predicted octanol–water partition coefficient (Wildman–Crippen LogP) is 3.28. The standard InChI is InChI=1S/C17H22N2O/c1-20-16-10-3-2-9-15(16)19-12-14-7-4-6-13-8-5-11-18-17(13)14/h4-8,11,15-16,19H,2-3,9-10,12H2,1H3. The summed E-state index contributed by atoms with van der Waals surface area (Å²) in [6, 6.07) is 11.0. The van der Waals surface area contributed by atoms with Crippen molar-refractivity contribution in [2.24, 2.45) is 0 Å². The first-order valence-electron chi connectivity index (χ1n) is 7.47. The Morgan fingerprint density at radius 2 is 2.05 bits per heavy atom. The van der Waals surface area contributed by atoms with Crippen LogP contribution < -0.4 is 5.32 Å². The number of ether oxygens (including phenoxy) is 1. The molecule has 1 aliphatic carbocycles. The SMILES string of the molecule is COC1CCCCC1NCc1cccc2cccnc12. The zero-order valence-corrected chi connectivity index (χ0v) is 12.0. The molecule has 0 radical (unpaired) electrons. The molecule has 1 N–H and O–H groups in total. The molecule has 0 bridgehead atoms. The van der Waals surface area contributed by atoms with E-state index in [-0.39, 0.29) is 0 Å². The lowest BCUT2D eigenvalue weighted by Crippen LogP contribution is -2.42. The van der Waals surface area contributed by atoms with Crippen LogP contribution >= 0.6 is 0 Å². The van der Waals surface area contributed by atoms with Crippen molar-refractivity contribution < 1.29 is 4.74 Å². The highest BCUT2D eigenvalue weighted by Crippen LogP contribution is 2.22. The van der Waals surface area contributed by atoms with E-state index in [2.05, 4.69) is 34.6 Å². The number of nitrogens with zero attached hydrogens (tertiary/aromatic N) is 1. The van der Waals surface area contributed by atoms with Crippen LogP contribution in [0.1, 0.15) is 31.2 Å². The van der Waals surface area contributed by atoms with Crippen LogP contribution in [0, 0.1) is 0 Å². The van der Waals surface area contributed by atoms with Crippen molar-refractivity contribution in [3.8, 4) is 0 Å². The molecule has 2 unspecified atom stereocenters. The minimum absolute atomic E-state index is 0.353. The molecule has 3 heteroatoms. The first kappa shape index (κ1) is 13.5. The van der Waals surface area contributed by atoms with Crippen LogP contribution in [0.3, 0.4) is 0 Å². The molecule has 0 saturated heterocycles. The van der Waals surface area contributed by atoms with E-state index in [1.807, 2.05) is 19.4 Å². The highest BCUT2D eigenvalue weighted by Gasteiger charge is 2.24. The molecule has 106 valence electrons. The van der Waals surface area contributed by atoms with E-state index in [1.54, 1.807) is 0 Å². The molecule has 2 aromatic rings. The van der Waals surface area contributed by atoms with Crippen molar-refractivity contribution in [1.82, 2.24) is 10.3 Å². The Hall–Kier alpha value is -1.45. The average molecular weight is 270 g/mol. The normalized spacial score (nSPS) is 23.1. The van der Waals surface area contributed by atoms with Gasteiger partial charge in [-0.05, 0) is 24.5 Å². The number of hydrogen-bond acceptors (Lipinski definition) is 3. The summed E-state index contributed by atoms with van der Waals surface area (Å²) < 4.78 is 5.60. The van der Waals surface area contributed by atoms with Gasteiger partial charge in [0.15, 0.2) is 0 Å². The first-order valence-corrected chi connectivity index (χ1v) is 7.47. The smallest absolute Gasteiger partial charge is 0.0746 e. The van der Waals surface area contributed by atoms with Crippen LogP contribution in [0.5, 0.6) is 0 Å². The number of rotatable bonds is 4. The molecule has 1 fully saturated rings. The van der Waals surface area contributed by atoms with Gasteiger partial charge in [0.25, 0.3) is 0 Å². The quantitative estimate of drug-likeness (QED) is 0.925. The lowest BCUT2D eigenvalue weighted by molar-refractivity contribution is 0.0413. The van der Waals surface area contributed by atoms with Crippen LogP contribution in [-0.4, -0.2) is 24.2 Å². The highest BCUT2D eigenvalue weighted by atomic mass is 16.5. The summed E-state index contributed by atoms with van der Waals surface area (Å²) in [6.45, 7) is 0.860. The third-order valence-electron chi connectivity index (χ3n) is 4.28. The lowest BCUT2D eigenvalue weighted by atomic mass is 9.92. The molecule has 0 aliphatic heterocycles. The van der Waals surface area contributed by atoms with Crippen molar-refractivity contribution in [2.75, 3.05) is 7.11 Å². The van der Waals surface area contributed by atoms with Crippen molar-refractivity contribution >= 4 is 10.9 Å². The van der Waals surface area contributed by atoms with Gasteiger partial charge in [-0.3, -0.25) is 4.98 Å². The number of aromatic nitrogens is 1. The van der Waals surface area contributed by atoms with Gasteiger partial charge in [0.2, 0.25) is 0 Å². The summed E-state index contributed by atoms with van der Waals surface area (Å²) in [6.07, 6.45) is 7.17. The van der Waals surface area contributed by atoms with Crippen molar-refractivity contribution in [1.29, 1.82) is 0 Å². The summed E-state index contributed by atoms with van der Waals surface area (Å²) in [5.74, 6) is 0. The number of fused-ring (bicyclic) bond motifs is 1. The fourth-order valence-electron chi connectivity index (χ4n) is 3.16. The van der Waals surface area contributed by atoms with E-state index in [4.69, 9.17) is 4.74 Å². The van der Waals surface area contributed by atoms with E-state index < -0.39 is 0 Å². The summed E-state index contributed by atoms with van der Waals surface area (Å²) in [5, 5.41) is 4.87. The molecule has 1 aromatic heterocycles. The van der Waals surface area contributed by atoms with E-state index in [9.17, 15) is 0 Å². The van der Waals surface area contributed by atoms with Gasteiger partial charge in [0, 0.05) is 31.3 Å². The number of benzene rings is 1. The molecule has 1 saturated carbocycles.